The number of rotatable bonds is 6. The highest BCUT2D eigenvalue weighted by molar-refractivity contribution is 9.10. The molecule has 6 heteroatoms. The number of hydrogen-bond donors (Lipinski definition) is 2. The normalized spacial score (nSPS) is 12.0. The average Bonchev–Trinajstić information content (AvgIpc) is 2.64. The highest BCUT2D eigenvalue weighted by atomic mass is 79.9. The topological polar surface area (TPSA) is 74.1 Å². The number of nitrogens with zero attached hydrogens (tertiary/aromatic N) is 1. The molecule has 2 N–H and O–H groups in total. The highest BCUT2D eigenvalue weighted by Crippen LogP contribution is 2.18. The molecule has 128 valence electrons. The third kappa shape index (κ3) is 5.37. The van der Waals surface area contributed by atoms with E-state index in [-0.39, 0.29) is 11.6 Å². The van der Waals surface area contributed by atoms with Crippen LogP contribution in [0.3, 0.4) is 0 Å². The van der Waals surface area contributed by atoms with Crippen LogP contribution in [0.1, 0.15) is 18.5 Å². The van der Waals surface area contributed by atoms with Gasteiger partial charge in [0.05, 0.1) is 7.11 Å². The predicted molar refractivity (Wildman–Crippen MR) is 101 cm³/mol. The first-order valence-electron chi connectivity index (χ1n) is 7.60. The Morgan fingerprint density at radius 2 is 1.84 bits per heavy atom. The molecule has 0 aliphatic carbocycles. The molecular weight excluding hydrogens is 382 g/mol. The van der Waals surface area contributed by atoms with Gasteiger partial charge in [-0.1, -0.05) is 28.1 Å². The Bertz CT molecular complexity index is 793. The van der Waals surface area contributed by atoms with Gasteiger partial charge in [0.25, 0.3) is 5.91 Å². The van der Waals surface area contributed by atoms with Gasteiger partial charge in [0.15, 0.2) is 0 Å². The Kier molecular flexibility index (Phi) is 6.61. The van der Waals surface area contributed by atoms with Gasteiger partial charge in [-0.15, -0.1) is 0 Å². The minimum absolute atomic E-state index is 0.00304. The van der Waals surface area contributed by atoms with Gasteiger partial charge in [0.1, 0.15) is 17.4 Å². The third-order valence-corrected chi connectivity index (χ3v) is 4.09. The Balaban J connectivity index is 2.01. The van der Waals surface area contributed by atoms with Crippen LogP contribution in [0, 0.1) is 11.3 Å². The summed E-state index contributed by atoms with van der Waals surface area (Å²) in [4.78, 5) is 12.2. The zero-order valence-electron chi connectivity index (χ0n) is 13.9. The van der Waals surface area contributed by atoms with Crippen molar-refractivity contribution < 1.29 is 9.53 Å². The first-order chi connectivity index (χ1) is 12.0. The molecule has 1 atom stereocenters. The van der Waals surface area contributed by atoms with Gasteiger partial charge in [-0.25, -0.2) is 0 Å². The SMILES string of the molecule is COc1ccc(C(C)N/C=C(/C#N)C(=O)Nc2ccc(Br)cc2)cc1. The average molecular weight is 400 g/mol. The van der Waals surface area contributed by atoms with E-state index < -0.39 is 5.91 Å². The lowest BCUT2D eigenvalue weighted by Crippen LogP contribution is -2.18. The fraction of sp³-hybridized carbons (Fsp3) is 0.158. The lowest BCUT2D eigenvalue weighted by atomic mass is 10.1. The fourth-order valence-corrected chi connectivity index (χ4v) is 2.34. The summed E-state index contributed by atoms with van der Waals surface area (Å²) < 4.78 is 6.04. The van der Waals surface area contributed by atoms with Crippen LogP contribution in [-0.4, -0.2) is 13.0 Å². The van der Waals surface area contributed by atoms with Crippen LogP contribution < -0.4 is 15.4 Å². The molecule has 0 radical (unpaired) electrons. The number of halogens is 1. The summed E-state index contributed by atoms with van der Waals surface area (Å²) in [6.45, 7) is 1.94. The van der Waals surface area contributed by atoms with Gasteiger partial charge >= 0.3 is 0 Å². The zero-order chi connectivity index (χ0) is 18.2. The van der Waals surface area contributed by atoms with E-state index in [2.05, 4.69) is 26.6 Å². The van der Waals surface area contributed by atoms with Crippen molar-refractivity contribution in [2.24, 2.45) is 0 Å². The molecule has 0 saturated heterocycles. The van der Waals surface area contributed by atoms with Crippen LogP contribution in [-0.2, 0) is 4.79 Å². The number of ether oxygens (including phenoxy) is 1. The zero-order valence-corrected chi connectivity index (χ0v) is 15.5. The van der Waals surface area contributed by atoms with Crippen LogP contribution >= 0.6 is 15.9 Å². The van der Waals surface area contributed by atoms with Gasteiger partial charge in [-0.05, 0) is 48.9 Å². The second-order valence-electron chi connectivity index (χ2n) is 5.29. The molecule has 0 aliphatic heterocycles. The lowest BCUT2D eigenvalue weighted by molar-refractivity contribution is -0.112. The maximum absolute atomic E-state index is 12.2. The van der Waals surface area contributed by atoms with E-state index >= 15 is 0 Å². The Labute approximate surface area is 155 Å². The van der Waals surface area contributed by atoms with Crippen molar-refractivity contribution >= 4 is 27.5 Å². The van der Waals surface area contributed by atoms with E-state index in [0.717, 1.165) is 15.8 Å². The Hall–Kier alpha value is -2.78. The second kappa shape index (κ2) is 8.90. The summed E-state index contributed by atoms with van der Waals surface area (Å²) in [5.41, 5.74) is 1.64. The summed E-state index contributed by atoms with van der Waals surface area (Å²) >= 11 is 3.33. The number of carbonyl (C=O) groups is 1. The molecular formula is C19H18BrN3O2. The largest absolute Gasteiger partial charge is 0.497 e. The number of benzene rings is 2. The number of hydrogen-bond acceptors (Lipinski definition) is 4. The number of anilines is 1. The van der Waals surface area contributed by atoms with E-state index in [4.69, 9.17) is 4.74 Å². The van der Waals surface area contributed by atoms with Gasteiger partial charge in [-0.3, -0.25) is 4.79 Å². The van der Waals surface area contributed by atoms with Gasteiger partial charge in [-0.2, -0.15) is 5.26 Å². The molecule has 1 amide bonds. The van der Waals surface area contributed by atoms with E-state index in [1.807, 2.05) is 49.4 Å². The van der Waals surface area contributed by atoms with Crippen molar-refractivity contribution in [2.45, 2.75) is 13.0 Å². The van der Waals surface area contributed by atoms with Crippen LogP contribution in [0.25, 0.3) is 0 Å². The molecule has 2 aromatic carbocycles. The van der Waals surface area contributed by atoms with Gasteiger partial charge < -0.3 is 15.4 Å². The monoisotopic (exact) mass is 399 g/mol. The first-order valence-corrected chi connectivity index (χ1v) is 8.40. The Morgan fingerprint density at radius 1 is 1.20 bits per heavy atom. The van der Waals surface area contributed by atoms with Crippen molar-refractivity contribution in [1.29, 1.82) is 5.26 Å². The molecule has 0 aromatic heterocycles. The summed E-state index contributed by atoms with van der Waals surface area (Å²) in [6, 6.07) is 16.6. The number of nitriles is 1. The van der Waals surface area contributed by atoms with E-state index in [0.29, 0.717) is 5.69 Å². The summed E-state index contributed by atoms with van der Waals surface area (Å²) in [6.07, 6.45) is 1.43. The van der Waals surface area contributed by atoms with Crippen molar-refractivity contribution in [2.75, 3.05) is 12.4 Å². The van der Waals surface area contributed by atoms with Gasteiger partial charge in [0, 0.05) is 22.4 Å². The smallest absolute Gasteiger partial charge is 0.267 e. The molecule has 0 bridgehead atoms. The molecule has 5 nitrogen and oxygen atoms in total. The van der Waals surface area contributed by atoms with Crippen molar-refractivity contribution in [3.63, 3.8) is 0 Å². The van der Waals surface area contributed by atoms with Crippen LogP contribution in [0.4, 0.5) is 5.69 Å². The lowest BCUT2D eigenvalue weighted by Gasteiger charge is -2.13. The standard InChI is InChI=1S/C19H18BrN3O2/c1-13(14-3-9-18(25-2)10-4-14)22-12-15(11-21)19(24)23-17-7-5-16(20)6-8-17/h3-10,12-13,22H,1-2H3,(H,23,24)/b15-12-. The minimum Gasteiger partial charge on any atom is -0.497 e. The molecule has 0 fully saturated rings. The van der Waals surface area contributed by atoms with Crippen molar-refractivity contribution in [1.82, 2.24) is 5.32 Å². The van der Waals surface area contributed by atoms with Crippen LogP contribution in [0.15, 0.2) is 64.8 Å². The number of amides is 1. The predicted octanol–water partition coefficient (Wildman–Crippen LogP) is 4.15. The third-order valence-electron chi connectivity index (χ3n) is 3.56. The molecule has 0 spiro atoms. The molecule has 0 aliphatic rings. The molecule has 25 heavy (non-hydrogen) atoms. The van der Waals surface area contributed by atoms with Crippen LogP contribution in [0.5, 0.6) is 5.75 Å². The van der Waals surface area contributed by atoms with Gasteiger partial charge in [0.2, 0.25) is 0 Å². The van der Waals surface area contributed by atoms with E-state index in [1.165, 1.54) is 6.20 Å². The number of nitrogens with one attached hydrogen (secondary N) is 2. The maximum atomic E-state index is 12.2. The summed E-state index contributed by atoms with van der Waals surface area (Å²) in [5.74, 6) is 0.317. The molecule has 2 rings (SSSR count). The fourth-order valence-electron chi connectivity index (χ4n) is 2.08. The number of carbonyl (C=O) groups excluding carboxylic acids is 1. The quantitative estimate of drug-likeness (QED) is 0.564. The Morgan fingerprint density at radius 3 is 2.40 bits per heavy atom. The van der Waals surface area contributed by atoms with E-state index in [9.17, 15) is 10.1 Å². The second-order valence-corrected chi connectivity index (χ2v) is 6.21. The molecule has 1 unspecified atom stereocenters. The molecule has 0 heterocycles. The minimum atomic E-state index is -0.459. The van der Waals surface area contributed by atoms with E-state index in [1.54, 1.807) is 19.2 Å². The van der Waals surface area contributed by atoms with Crippen LogP contribution in [0.2, 0.25) is 0 Å². The maximum Gasteiger partial charge on any atom is 0.267 e. The highest BCUT2D eigenvalue weighted by Gasteiger charge is 2.10. The number of methoxy groups -OCH3 is 1. The van der Waals surface area contributed by atoms with Crippen molar-refractivity contribution in [3.05, 3.63) is 70.3 Å². The molecule has 0 saturated carbocycles. The summed E-state index contributed by atoms with van der Waals surface area (Å²) in [5, 5.41) is 15.0. The first kappa shape index (κ1) is 18.6. The summed E-state index contributed by atoms with van der Waals surface area (Å²) in [7, 11) is 1.61. The molecule has 2 aromatic rings. The van der Waals surface area contributed by atoms with Crippen molar-refractivity contribution in [3.8, 4) is 11.8 Å².